The third-order valence-corrected chi connectivity index (χ3v) is 3.22. The molecule has 1 aromatic heterocycles. The number of benzene rings is 1. The third kappa shape index (κ3) is 4.02. The molecule has 0 fully saturated rings. The number of carbonyl (C=O) groups excluding carboxylic acids is 1. The number of nitrogens with one attached hydrogen (secondary N) is 1. The molecule has 0 radical (unpaired) electrons. The minimum Gasteiger partial charge on any atom is -0.338 e. The molecule has 2 aromatic rings. The van der Waals surface area contributed by atoms with Crippen LogP contribution in [0.3, 0.4) is 0 Å². The Balaban J connectivity index is 2.32. The molecule has 0 saturated carbocycles. The molecular weight excluding hydrogens is 286 g/mol. The van der Waals surface area contributed by atoms with Crippen LogP contribution in [0.25, 0.3) is 0 Å². The van der Waals surface area contributed by atoms with Crippen molar-refractivity contribution in [3.63, 3.8) is 0 Å². The highest BCUT2D eigenvalue weighted by molar-refractivity contribution is 6.32. The summed E-state index contributed by atoms with van der Waals surface area (Å²) in [5.41, 5.74) is 1.36. The third-order valence-electron chi connectivity index (χ3n) is 2.94. The smallest absolute Gasteiger partial charge is 0.165 e. The molecule has 4 nitrogen and oxygen atoms in total. The van der Waals surface area contributed by atoms with Crippen LogP contribution < -0.4 is 5.32 Å². The SMILES string of the molecule is Cc1ncc(Cl)c(Nc2ccccc2C(=O)CC(C)C)n1. The van der Waals surface area contributed by atoms with Crippen LogP contribution in [0.4, 0.5) is 11.5 Å². The summed E-state index contributed by atoms with van der Waals surface area (Å²) < 4.78 is 0. The van der Waals surface area contributed by atoms with Gasteiger partial charge < -0.3 is 5.32 Å². The van der Waals surface area contributed by atoms with E-state index in [1.807, 2.05) is 38.1 Å². The van der Waals surface area contributed by atoms with Gasteiger partial charge in [0.15, 0.2) is 11.6 Å². The average molecular weight is 304 g/mol. The minimum absolute atomic E-state index is 0.106. The Hall–Kier alpha value is -1.94. The molecule has 0 saturated heterocycles. The summed E-state index contributed by atoms with van der Waals surface area (Å²) in [6.07, 6.45) is 2.06. The van der Waals surface area contributed by atoms with Gasteiger partial charge in [0, 0.05) is 12.0 Å². The molecule has 0 aliphatic rings. The number of halogens is 1. The van der Waals surface area contributed by atoms with Crippen LogP contribution in [0.5, 0.6) is 0 Å². The van der Waals surface area contributed by atoms with Crippen molar-refractivity contribution in [3.05, 3.63) is 46.9 Å². The molecule has 0 spiro atoms. The van der Waals surface area contributed by atoms with Gasteiger partial charge in [-0.3, -0.25) is 4.79 Å². The van der Waals surface area contributed by atoms with Crippen LogP contribution in [0, 0.1) is 12.8 Å². The van der Waals surface area contributed by atoms with Gasteiger partial charge in [0.05, 0.1) is 11.9 Å². The van der Waals surface area contributed by atoms with Crippen LogP contribution >= 0.6 is 11.6 Å². The molecule has 110 valence electrons. The maximum absolute atomic E-state index is 12.3. The zero-order valence-corrected chi connectivity index (χ0v) is 13.1. The molecule has 2 rings (SSSR count). The number of carbonyl (C=O) groups is 1. The van der Waals surface area contributed by atoms with Crippen molar-refractivity contribution in [1.29, 1.82) is 0 Å². The predicted molar refractivity (Wildman–Crippen MR) is 85.3 cm³/mol. The van der Waals surface area contributed by atoms with Gasteiger partial charge in [0.2, 0.25) is 0 Å². The topological polar surface area (TPSA) is 54.9 Å². The Bertz CT molecular complexity index is 656. The number of aromatic nitrogens is 2. The van der Waals surface area contributed by atoms with Crippen molar-refractivity contribution in [2.75, 3.05) is 5.32 Å². The second-order valence-corrected chi connectivity index (χ2v) is 5.71. The van der Waals surface area contributed by atoms with E-state index in [2.05, 4.69) is 15.3 Å². The number of Topliss-reactive ketones (excluding diaryl/α,β-unsaturated/α-hetero) is 1. The lowest BCUT2D eigenvalue weighted by Crippen LogP contribution is -2.07. The lowest BCUT2D eigenvalue weighted by atomic mass is 10.00. The van der Waals surface area contributed by atoms with E-state index in [9.17, 15) is 4.79 Å². The second kappa shape index (κ2) is 6.68. The normalized spacial score (nSPS) is 10.7. The second-order valence-electron chi connectivity index (χ2n) is 5.31. The Labute approximate surface area is 129 Å². The largest absolute Gasteiger partial charge is 0.338 e. The van der Waals surface area contributed by atoms with Gasteiger partial charge in [0.25, 0.3) is 0 Å². The minimum atomic E-state index is 0.106. The van der Waals surface area contributed by atoms with E-state index in [0.717, 1.165) is 0 Å². The van der Waals surface area contributed by atoms with Gasteiger partial charge in [-0.05, 0) is 25.0 Å². The Morgan fingerprint density at radius 1 is 1.33 bits per heavy atom. The van der Waals surface area contributed by atoms with Crippen molar-refractivity contribution < 1.29 is 4.79 Å². The summed E-state index contributed by atoms with van der Waals surface area (Å²) in [5.74, 6) is 1.55. The van der Waals surface area contributed by atoms with E-state index in [1.54, 1.807) is 13.1 Å². The number of anilines is 2. The number of nitrogens with zero attached hydrogens (tertiary/aromatic N) is 2. The summed E-state index contributed by atoms with van der Waals surface area (Å²) in [5, 5.41) is 3.55. The fraction of sp³-hybridized carbons (Fsp3) is 0.312. The number of hydrogen-bond donors (Lipinski definition) is 1. The average Bonchev–Trinajstić information content (AvgIpc) is 2.42. The predicted octanol–water partition coefficient (Wildman–Crippen LogP) is 4.41. The monoisotopic (exact) mass is 303 g/mol. The molecule has 21 heavy (non-hydrogen) atoms. The van der Waals surface area contributed by atoms with Crippen molar-refractivity contribution >= 4 is 28.9 Å². The lowest BCUT2D eigenvalue weighted by Gasteiger charge is -2.12. The lowest BCUT2D eigenvalue weighted by molar-refractivity contribution is 0.0968. The van der Waals surface area contributed by atoms with Crippen LogP contribution in [-0.4, -0.2) is 15.8 Å². The van der Waals surface area contributed by atoms with E-state index in [-0.39, 0.29) is 5.78 Å². The molecule has 0 aliphatic heterocycles. The molecule has 0 bridgehead atoms. The van der Waals surface area contributed by atoms with Crippen LogP contribution in [0.2, 0.25) is 5.02 Å². The Morgan fingerprint density at radius 2 is 2.05 bits per heavy atom. The Morgan fingerprint density at radius 3 is 2.76 bits per heavy atom. The molecule has 5 heteroatoms. The molecule has 0 aliphatic carbocycles. The number of hydrogen-bond acceptors (Lipinski definition) is 4. The van der Waals surface area contributed by atoms with E-state index in [1.165, 1.54) is 0 Å². The zero-order chi connectivity index (χ0) is 15.4. The van der Waals surface area contributed by atoms with Crippen molar-refractivity contribution in [3.8, 4) is 0 Å². The standard InChI is InChI=1S/C16H18ClN3O/c1-10(2)8-15(21)12-6-4-5-7-14(12)20-16-13(17)9-18-11(3)19-16/h4-7,9-10H,8H2,1-3H3,(H,18,19,20). The van der Waals surface area contributed by atoms with Crippen molar-refractivity contribution in [2.45, 2.75) is 27.2 Å². The van der Waals surface area contributed by atoms with Gasteiger partial charge in [0.1, 0.15) is 10.8 Å². The Kier molecular flexibility index (Phi) is 4.91. The first-order chi connectivity index (χ1) is 9.97. The fourth-order valence-corrected chi connectivity index (χ4v) is 2.12. The molecule has 1 heterocycles. The van der Waals surface area contributed by atoms with Crippen LogP contribution in [0.15, 0.2) is 30.5 Å². The first kappa shape index (κ1) is 15.4. The van der Waals surface area contributed by atoms with Gasteiger partial charge in [-0.2, -0.15) is 0 Å². The van der Waals surface area contributed by atoms with Gasteiger partial charge in [-0.1, -0.05) is 37.6 Å². The van der Waals surface area contributed by atoms with E-state index < -0.39 is 0 Å². The molecule has 0 unspecified atom stereocenters. The van der Waals surface area contributed by atoms with E-state index in [4.69, 9.17) is 11.6 Å². The molecule has 0 atom stereocenters. The summed E-state index contributed by atoms with van der Waals surface area (Å²) in [7, 11) is 0. The highest BCUT2D eigenvalue weighted by Gasteiger charge is 2.14. The number of aryl methyl sites for hydroxylation is 1. The number of para-hydroxylation sites is 1. The van der Waals surface area contributed by atoms with Crippen molar-refractivity contribution in [2.24, 2.45) is 5.92 Å². The summed E-state index contributed by atoms with van der Waals surface area (Å²) in [4.78, 5) is 20.6. The van der Waals surface area contributed by atoms with Gasteiger partial charge in [-0.25, -0.2) is 9.97 Å². The molecule has 0 amide bonds. The first-order valence-corrected chi connectivity index (χ1v) is 7.23. The van der Waals surface area contributed by atoms with Crippen molar-refractivity contribution in [1.82, 2.24) is 9.97 Å². The van der Waals surface area contributed by atoms with Gasteiger partial charge >= 0.3 is 0 Å². The summed E-state index contributed by atoms with van der Waals surface area (Å²) in [6, 6.07) is 7.39. The highest BCUT2D eigenvalue weighted by atomic mass is 35.5. The number of ketones is 1. The van der Waals surface area contributed by atoms with E-state index >= 15 is 0 Å². The maximum atomic E-state index is 12.3. The molecule has 1 aromatic carbocycles. The van der Waals surface area contributed by atoms with E-state index in [0.29, 0.717) is 40.3 Å². The first-order valence-electron chi connectivity index (χ1n) is 6.85. The number of rotatable bonds is 5. The zero-order valence-electron chi connectivity index (χ0n) is 12.4. The summed E-state index contributed by atoms with van der Waals surface area (Å²) >= 11 is 6.09. The highest BCUT2D eigenvalue weighted by Crippen LogP contribution is 2.26. The maximum Gasteiger partial charge on any atom is 0.165 e. The molecular formula is C16H18ClN3O. The fourth-order valence-electron chi connectivity index (χ4n) is 1.99. The molecule has 1 N–H and O–H groups in total. The van der Waals surface area contributed by atoms with Gasteiger partial charge in [-0.15, -0.1) is 0 Å². The van der Waals surface area contributed by atoms with Crippen LogP contribution in [-0.2, 0) is 0 Å². The van der Waals surface area contributed by atoms with Crippen LogP contribution in [0.1, 0.15) is 36.5 Å². The summed E-state index contributed by atoms with van der Waals surface area (Å²) in [6.45, 7) is 5.84. The quantitative estimate of drug-likeness (QED) is 0.831.